The molecule has 1 fully saturated rings. The van der Waals surface area contributed by atoms with E-state index in [1.165, 1.54) is 18.2 Å². The maximum absolute atomic E-state index is 15.6. The fourth-order valence-corrected chi connectivity index (χ4v) is 4.67. The number of nitrogens with one attached hydrogen (secondary N) is 1. The number of H-pyrrole nitrogens is 1. The molecule has 1 aliphatic rings. The first-order valence-corrected chi connectivity index (χ1v) is 12.8. The van der Waals surface area contributed by atoms with Crippen LogP contribution in [0.1, 0.15) is 58.7 Å². The second kappa shape index (κ2) is 10.8. The Morgan fingerprint density at radius 1 is 1.05 bits per heavy atom. The van der Waals surface area contributed by atoms with Gasteiger partial charge in [0.25, 0.3) is 5.91 Å². The van der Waals surface area contributed by atoms with Gasteiger partial charge in [-0.05, 0) is 66.3 Å². The van der Waals surface area contributed by atoms with Crippen molar-refractivity contribution < 1.29 is 27.5 Å². The summed E-state index contributed by atoms with van der Waals surface area (Å²) in [6.45, 7) is 0.112. The van der Waals surface area contributed by atoms with Gasteiger partial charge in [0, 0.05) is 24.5 Å². The van der Waals surface area contributed by atoms with Gasteiger partial charge in [-0.3, -0.25) is 19.8 Å². The fourth-order valence-electron chi connectivity index (χ4n) is 4.67. The Hall–Kier alpha value is -4.09. The first-order chi connectivity index (χ1) is 19.1. The van der Waals surface area contributed by atoms with E-state index < -0.39 is 34.9 Å². The third kappa shape index (κ3) is 5.61. The molecular formula is C29H27F4N5O2. The Kier molecular flexibility index (Phi) is 7.43. The largest absolute Gasteiger partial charge is 0.435 e. The number of pyridine rings is 1. The van der Waals surface area contributed by atoms with Gasteiger partial charge in [-0.25, -0.2) is 4.39 Å². The van der Waals surface area contributed by atoms with Gasteiger partial charge in [0.05, 0.1) is 11.4 Å². The van der Waals surface area contributed by atoms with E-state index in [2.05, 4.69) is 15.2 Å². The smallest absolute Gasteiger partial charge is 0.379 e. The van der Waals surface area contributed by atoms with Gasteiger partial charge in [0.2, 0.25) is 0 Å². The first-order valence-electron chi connectivity index (χ1n) is 12.8. The van der Waals surface area contributed by atoms with Gasteiger partial charge >= 0.3 is 6.18 Å². The van der Waals surface area contributed by atoms with Crippen LogP contribution in [0.15, 0.2) is 72.9 Å². The Bertz CT molecular complexity index is 1500. The van der Waals surface area contributed by atoms with Gasteiger partial charge in [0.15, 0.2) is 5.69 Å². The summed E-state index contributed by atoms with van der Waals surface area (Å²) in [5.74, 6) is -1.32. The molecule has 1 atom stereocenters. The molecule has 1 aliphatic carbocycles. The maximum atomic E-state index is 15.6. The molecule has 0 saturated heterocycles. The van der Waals surface area contributed by atoms with E-state index in [4.69, 9.17) is 5.73 Å². The second-order valence-electron chi connectivity index (χ2n) is 9.90. The van der Waals surface area contributed by atoms with Crippen molar-refractivity contribution >= 4 is 17.3 Å². The number of benzene rings is 2. The molecule has 0 spiro atoms. The number of alkyl halides is 3. The van der Waals surface area contributed by atoms with Crippen molar-refractivity contribution in [2.45, 2.75) is 44.0 Å². The molecule has 2 heterocycles. The van der Waals surface area contributed by atoms with Crippen LogP contribution in [-0.4, -0.2) is 26.2 Å². The molecule has 7 nitrogen and oxygen atoms in total. The lowest BCUT2D eigenvalue weighted by Gasteiger charge is -2.30. The average molecular weight is 554 g/mol. The zero-order chi connectivity index (χ0) is 28.5. The van der Waals surface area contributed by atoms with Crippen molar-refractivity contribution in [3.63, 3.8) is 0 Å². The molecule has 2 aromatic heterocycles. The summed E-state index contributed by atoms with van der Waals surface area (Å²) in [7, 11) is 0. The lowest BCUT2D eigenvalue weighted by atomic mass is 9.84. The van der Waals surface area contributed by atoms with Crippen molar-refractivity contribution in [1.82, 2.24) is 15.2 Å². The van der Waals surface area contributed by atoms with E-state index in [1.807, 2.05) is 0 Å². The first kappa shape index (κ1) is 27.5. The number of aliphatic hydroxyl groups is 1. The molecule has 0 radical (unpaired) electrons. The number of carbonyl (C=O) groups excluding carboxylic acids is 1. The number of carbonyl (C=O) groups is 1. The number of aromatic amines is 1. The molecule has 5 rings (SSSR count). The number of aromatic nitrogens is 3. The third-order valence-corrected chi connectivity index (χ3v) is 7.07. The van der Waals surface area contributed by atoms with Crippen LogP contribution >= 0.6 is 0 Å². The van der Waals surface area contributed by atoms with E-state index >= 15 is 4.39 Å². The minimum absolute atomic E-state index is 0.112. The molecule has 0 aliphatic heterocycles. The van der Waals surface area contributed by atoms with Crippen molar-refractivity contribution in [2.24, 2.45) is 11.7 Å². The quantitative estimate of drug-likeness (QED) is 0.226. The molecule has 2 aromatic carbocycles. The number of anilines is 2. The highest BCUT2D eigenvalue weighted by Crippen LogP contribution is 2.42. The summed E-state index contributed by atoms with van der Waals surface area (Å²) < 4.78 is 55.3. The number of halogens is 4. The summed E-state index contributed by atoms with van der Waals surface area (Å²) in [4.78, 5) is 19.0. The predicted molar refractivity (Wildman–Crippen MR) is 140 cm³/mol. The molecule has 1 unspecified atom stereocenters. The van der Waals surface area contributed by atoms with E-state index in [9.17, 15) is 23.1 Å². The molecule has 1 amide bonds. The SMILES string of the molecule is NCc1cccc(N(C(=O)c2cc(C(F)(F)F)n[nH]2)c2cc(C(O)(CCC3CC3)c3ccccn3)ccc2F)c1. The summed E-state index contributed by atoms with van der Waals surface area (Å²) in [5.41, 5.74) is 3.56. The van der Waals surface area contributed by atoms with E-state index in [0.29, 0.717) is 29.7 Å². The molecule has 40 heavy (non-hydrogen) atoms. The van der Waals surface area contributed by atoms with Crippen LogP contribution in [0.4, 0.5) is 28.9 Å². The Morgan fingerprint density at radius 3 is 2.50 bits per heavy atom. The van der Waals surface area contributed by atoms with Crippen LogP contribution in [-0.2, 0) is 18.3 Å². The van der Waals surface area contributed by atoms with Crippen LogP contribution in [0.3, 0.4) is 0 Å². The van der Waals surface area contributed by atoms with Gasteiger partial charge < -0.3 is 10.8 Å². The van der Waals surface area contributed by atoms with E-state index in [0.717, 1.165) is 30.2 Å². The maximum Gasteiger partial charge on any atom is 0.435 e. The van der Waals surface area contributed by atoms with Crippen LogP contribution < -0.4 is 10.6 Å². The van der Waals surface area contributed by atoms with E-state index in [-0.39, 0.29) is 23.5 Å². The standard InChI is InChI=1S/C29H27F4N5O2/c30-22-10-9-20(28(40,12-11-18-7-8-18)25-6-1-2-13-35-25)15-24(22)38(21-5-3-4-19(14-21)17-34)27(39)23-16-26(37-36-23)29(31,32)33/h1-6,9-10,13-16,18,40H,7-8,11-12,17,34H2,(H,36,37). The zero-order valence-corrected chi connectivity index (χ0v) is 21.3. The van der Waals surface area contributed by atoms with Crippen molar-refractivity contribution in [3.8, 4) is 0 Å². The Labute approximate surface area is 227 Å². The number of nitrogens with two attached hydrogens (primary N) is 1. The minimum Gasteiger partial charge on any atom is -0.379 e. The van der Waals surface area contributed by atoms with Crippen LogP contribution in [0.2, 0.25) is 0 Å². The molecular weight excluding hydrogens is 526 g/mol. The monoisotopic (exact) mass is 553 g/mol. The fraction of sp³-hybridized carbons (Fsp3) is 0.276. The summed E-state index contributed by atoms with van der Waals surface area (Å²) >= 11 is 0. The summed E-state index contributed by atoms with van der Waals surface area (Å²) in [6, 6.07) is 16.0. The minimum atomic E-state index is -4.79. The Morgan fingerprint density at radius 2 is 1.85 bits per heavy atom. The number of rotatable bonds is 9. The molecule has 0 bridgehead atoms. The average Bonchev–Trinajstić information content (AvgIpc) is 3.64. The number of nitrogens with zero attached hydrogens (tertiary/aromatic N) is 3. The van der Waals surface area contributed by atoms with Crippen molar-refractivity contribution in [3.05, 3.63) is 107 Å². The van der Waals surface area contributed by atoms with Gasteiger partial charge in [-0.2, -0.15) is 18.3 Å². The van der Waals surface area contributed by atoms with Gasteiger partial charge in [-0.15, -0.1) is 0 Å². The Balaban J connectivity index is 1.64. The van der Waals surface area contributed by atoms with Gasteiger partial charge in [-0.1, -0.05) is 37.1 Å². The van der Waals surface area contributed by atoms with E-state index in [1.54, 1.807) is 42.6 Å². The lowest BCUT2D eigenvalue weighted by molar-refractivity contribution is -0.141. The van der Waals surface area contributed by atoms with Crippen LogP contribution in [0.25, 0.3) is 0 Å². The van der Waals surface area contributed by atoms with Crippen molar-refractivity contribution in [2.75, 3.05) is 4.90 Å². The molecule has 4 N–H and O–H groups in total. The normalized spacial score (nSPS) is 15.1. The molecule has 1 saturated carbocycles. The molecule has 11 heteroatoms. The number of amides is 1. The van der Waals surface area contributed by atoms with Gasteiger partial charge in [0.1, 0.15) is 17.1 Å². The molecule has 208 valence electrons. The summed E-state index contributed by atoms with van der Waals surface area (Å²) in [5, 5.41) is 17.3. The topological polar surface area (TPSA) is 108 Å². The second-order valence-corrected chi connectivity index (χ2v) is 9.90. The van der Waals surface area contributed by atoms with Crippen LogP contribution in [0, 0.1) is 11.7 Å². The highest BCUT2D eigenvalue weighted by Gasteiger charge is 2.38. The predicted octanol–water partition coefficient (Wildman–Crippen LogP) is 5.83. The lowest BCUT2D eigenvalue weighted by Crippen LogP contribution is -2.31. The summed E-state index contributed by atoms with van der Waals surface area (Å²) in [6.07, 6.45) is -0.0768. The highest BCUT2D eigenvalue weighted by molar-refractivity contribution is 6.10. The van der Waals surface area contributed by atoms with Crippen LogP contribution in [0.5, 0.6) is 0 Å². The third-order valence-electron chi connectivity index (χ3n) is 7.07. The number of hydrogen-bond acceptors (Lipinski definition) is 5. The van der Waals surface area contributed by atoms with Crippen molar-refractivity contribution in [1.29, 1.82) is 0 Å². The number of hydrogen-bond donors (Lipinski definition) is 3. The highest BCUT2D eigenvalue weighted by atomic mass is 19.4. The molecule has 4 aromatic rings. The zero-order valence-electron chi connectivity index (χ0n) is 21.3.